The van der Waals surface area contributed by atoms with Gasteiger partial charge in [0, 0.05) is 4.47 Å². The molecule has 0 fully saturated rings. The van der Waals surface area contributed by atoms with E-state index in [1.807, 2.05) is 30.3 Å². The van der Waals surface area contributed by atoms with Crippen LogP contribution >= 0.6 is 27.3 Å². The van der Waals surface area contributed by atoms with Crippen molar-refractivity contribution in [2.45, 2.75) is 33.7 Å². The van der Waals surface area contributed by atoms with Gasteiger partial charge in [0.25, 0.3) is 0 Å². The second-order valence-corrected chi connectivity index (χ2v) is 9.15. The van der Waals surface area contributed by atoms with E-state index < -0.39 is 0 Å². The van der Waals surface area contributed by atoms with Crippen LogP contribution in [0.1, 0.15) is 28.0 Å². The number of furan rings is 1. The fraction of sp³-hybridized carbons (Fsp3) is 0.217. The second kappa shape index (κ2) is 8.13. The molecule has 4 rings (SSSR count). The van der Waals surface area contributed by atoms with Gasteiger partial charge in [-0.1, -0.05) is 45.0 Å². The van der Waals surface area contributed by atoms with E-state index in [1.54, 1.807) is 11.2 Å². The van der Waals surface area contributed by atoms with E-state index in [4.69, 9.17) is 9.40 Å². The van der Waals surface area contributed by atoms with Gasteiger partial charge >= 0.3 is 0 Å². The molecule has 0 bridgehead atoms. The highest BCUT2D eigenvalue weighted by Crippen LogP contribution is 2.32. The van der Waals surface area contributed by atoms with E-state index in [0.717, 1.165) is 37.1 Å². The maximum atomic E-state index is 13.4. The van der Waals surface area contributed by atoms with Crippen molar-refractivity contribution in [3.63, 3.8) is 0 Å². The number of aromatic nitrogens is 1. The lowest BCUT2D eigenvalue weighted by molar-refractivity contribution is -0.118. The van der Waals surface area contributed by atoms with Gasteiger partial charge < -0.3 is 4.42 Å². The van der Waals surface area contributed by atoms with Crippen molar-refractivity contribution in [2.75, 3.05) is 4.90 Å². The summed E-state index contributed by atoms with van der Waals surface area (Å²) in [5.74, 6) is 0.741. The molecule has 148 valence electrons. The quantitative estimate of drug-likeness (QED) is 0.342. The minimum absolute atomic E-state index is 0.00887. The molecule has 29 heavy (non-hydrogen) atoms. The Morgan fingerprint density at radius 2 is 1.90 bits per heavy atom. The van der Waals surface area contributed by atoms with Crippen LogP contribution in [0.3, 0.4) is 0 Å². The van der Waals surface area contributed by atoms with Crippen LogP contribution in [0.5, 0.6) is 0 Å². The number of thiazole rings is 1. The molecular formula is C23H21BrN2O2S. The first-order valence-corrected chi connectivity index (χ1v) is 11.0. The minimum Gasteiger partial charge on any atom is -0.467 e. The monoisotopic (exact) mass is 468 g/mol. The number of anilines is 1. The summed E-state index contributed by atoms with van der Waals surface area (Å²) >= 11 is 5.02. The molecule has 0 N–H and O–H groups in total. The van der Waals surface area contributed by atoms with E-state index in [0.29, 0.717) is 18.1 Å². The number of fused-ring (bicyclic) bond motifs is 1. The molecule has 4 nitrogen and oxygen atoms in total. The molecule has 0 spiro atoms. The van der Waals surface area contributed by atoms with E-state index >= 15 is 0 Å². The van der Waals surface area contributed by atoms with Gasteiger partial charge in [0.15, 0.2) is 5.13 Å². The molecule has 0 saturated heterocycles. The zero-order chi connectivity index (χ0) is 20.5. The number of carbonyl (C=O) groups excluding carboxylic acids is 1. The predicted molar refractivity (Wildman–Crippen MR) is 122 cm³/mol. The lowest BCUT2D eigenvalue weighted by Gasteiger charge is -2.20. The Bertz CT molecular complexity index is 1160. The molecule has 0 atom stereocenters. The summed E-state index contributed by atoms with van der Waals surface area (Å²) in [5, 5.41) is 0.682. The first-order chi connectivity index (χ1) is 13.9. The number of rotatable bonds is 5. The molecule has 0 saturated carbocycles. The van der Waals surface area contributed by atoms with Gasteiger partial charge in [-0.2, -0.15) is 0 Å². The number of hydrogen-bond donors (Lipinski definition) is 0. The summed E-state index contributed by atoms with van der Waals surface area (Å²) in [6.07, 6.45) is 1.96. The lowest BCUT2D eigenvalue weighted by atomic mass is 9.97. The highest BCUT2D eigenvalue weighted by molar-refractivity contribution is 9.10. The number of amides is 1. The third kappa shape index (κ3) is 4.28. The third-order valence-electron chi connectivity index (χ3n) is 4.93. The van der Waals surface area contributed by atoms with Crippen LogP contribution in [0.4, 0.5) is 5.13 Å². The molecule has 0 aliphatic heterocycles. The zero-order valence-corrected chi connectivity index (χ0v) is 18.9. The van der Waals surface area contributed by atoms with Crippen molar-refractivity contribution in [1.82, 2.24) is 4.98 Å². The van der Waals surface area contributed by atoms with Crippen LogP contribution in [-0.2, 0) is 17.8 Å². The molecule has 2 heterocycles. The van der Waals surface area contributed by atoms with Crippen LogP contribution in [-0.4, -0.2) is 10.9 Å². The highest BCUT2D eigenvalue weighted by atomic mass is 79.9. The third-order valence-corrected chi connectivity index (χ3v) is 6.47. The highest BCUT2D eigenvalue weighted by Gasteiger charge is 2.23. The number of halogens is 1. The summed E-state index contributed by atoms with van der Waals surface area (Å²) in [5.41, 5.74) is 5.45. The Morgan fingerprint density at radius 1 is 1.14 bits per heavy atom. The fourth-order valence-electron chi connectivity index (χ4n) is 3.56. The molecule has 0 unspecified atom stereocenters. The Kier molecular flexibility index (Phi) is 5.56. The summed E-state index contributed by atoms with van der Waals surface area (Å²) in [6, 6.07) is 13.9. The largest absolute Gasteiger partial charge is 0.467 e. The van der Waals surface area contributed by atoms with Gasteiger partial charge in [-0.05, 0) is 67.8 Å². The van der Waals surface area contributed by atoms with Crippen molar-refractivity contribution in [3.05, 3.63) is 81.2 Å². The standard InChI is InChI=1S/C23H21BrN2O2S/c1-14-9-15(2)19(16(3)10-14)12-22(27)26(13-18-5-4-8-28-18)23-25-20-7-6-17(24)11-21(20)29-23/h4-11H,12-13H2,1-3H3. The normalized spacial score (nSPS) is 11.2. The van der Waals surface area contributed by atoms with Crippen molar-refractivity contribution in [3.8, 4) is 0 Å². The summed E-state index contributed by atoms with van der Waals surface area (Å²) in [7, 11) is 0. The van der Waals surface area contributed by atoms with E-state index in [-0.39, 0.29) is 5.91 Å². The van der Waals surface area contributed by atoms with Gasteiger partial charge in [0.05, 0.1) is 29.4 Å². The van der Waals surface area contributed by atoms with Crippen molar-refractivity contribution < 1.29 is 9.21 Å². The molecule has 0 aliphatic carbocycles. The maximum absolute atomic E-state index is 13.4. The first kappa shape index (κ1) is 19.9. The van der Waals surface area contributed by atoms with Gasteiger partial charge in [-0.3, -0.25) is 9.69 Å². The average molecular weight is 469 g/mol. The van der Waals surface area contributed by atoms with Crippen LogP contribution in [0.2, 0.25) is 0 Å². The minimum atomic E-state index is 0.00887. The molecule has 2 aromatic carbocycles. The Balaban J connectivity index is 1.70. The van der Waals surface area contributed by atoms with Crippen LogP contribution in [0, 0.1) is 20.8 Å². The van der Waals surface area contributed by atoms with Gasteiger partial charge in [-0.15, -0.1) is 0 Å². The molecule has 0 radical (unpaired) electrons. The first-order valence-electron chi connectivity index (χ1n) is 9.36. The Morgan fingerprint density at radius 3 is 2.59 bits per heavy atom. The summed E-state index contributed by atoms with van der Waals surface area (Å²) in [4.78, 5) is 19.9. The SMILES string of the molecule is Cc1cc(C)c(CC(=O)N(Cc2ccco2)c2nc3ccc(Br)cc3s2)c(C)c1. The van der Waals surface area contributed by atoms with E-state index in [9.17, 15) is 4.79 Å². The number of hydrogen-bond acceptors (Lipinski definition) is 4. The van der Waals surface area contributed by atoms with Crippen molar-refractivity contribution >= 4 is 48.5 Å². The lowest BCUT2D eigenvalue weighted by Crippen LogP contribution is -2.32. The number of nitrogens with zero attached hydrogens (tertiary/aromatic N) is 2. The number of carbonyl (C=O) groups is 1. The van der Waals surface area contributed by atoms with Crippen molar-refractivity contribution in [2.24, 2.45) is 0 Å². The summed E-state index contributed by atoms with van der Waals surface area (Å²) < 4.78 is 7.55. The van der Waals surface area contributed by atoms with Crippen LogP contribution in [0.25, 0.3) is 10.2 Å². The molecule has 6 heteroatoms. The summed E-state index contributed by atoms with van der Waals surface area (Å²) in [6.45, 7) is 6.56. The smallest absolute Gasteiger partial charge is 0.233 e. The van der Waals surface area contributed by atoms with Gasteiger partial charge in [0.2, 0.25) is 5.91 Å². The predicted octanol–water partition coefficient (Wildman–Crippen LogP) is 6.35. The Hall–Kier alpha value is -2.44. The van der Waals surface area contributed by atoms with E-state index in [1.165, 1.54) is 16.9 Å². The molecule has 1 amide bonds. The fourth-order valence-corrected chi connectivity index (χ4v) is 5.09. The van der Waals surface area contributed by atoms with E-state index in [2.05, 4.69) is 48.8 Å². The van der Waals surface area contributed by atoms with Crippen LogP contribution < -0.4 is 4.90 Å². The molecule has 0 aliphatic rings. The molecular weight excluding hydrogens is 448 g/mol. The van der Waals surface area contributed by atoms with Gasteiger partial charge in [-0.25, -0.2) is 4.98 Å². The van der Waals surface area contributed by atoms with Crippen molar-refractivity contribution in [1.29, 1.82) is 0 Å². The zero-order valence-electron chi connectivity index (χ0n) is 16.5. The maximum Gasteiger partial charge on any atom is 0.233 e. The van der Waals surface area contributed by atoms with Crippen LogP contribution in [0.15, 0.2) is 57.6 Å². The number of benzene rings is 2. The average Bonchev–Trinajstić information content (AvgIpc) is 3.31. The van der Waals surface area contributed by atoms with Gasteiger partial charge in [0.1, 0.15) is 5.76 Å². The Labute approximate surface area is 182 Å². The molecule has 4 aromatic rings. The second-order valence-electron chi connectivity index (χ2n) is 7.22. The molecule has 2 aromatic heterocycles. The topological polar surface area (TPSA) is 46.3 Å². The number of aryl methyl sites for hydroxylation is 3.